The van der Waals surface area contributed by atoms with Gasteiger partial charge in [-0.25, -0.2) is 0 Å². The fraction of sp³-hybridized carbons (Fsp3) is 0.375. The van der Waals surface area contributed by atoms with Gasteiger partial charge in [0, 0.05) is 45.7 Å². The first-order valence-corrected chi connectivity index (χ1v) is 13.8. The summed E-state index contributed by atoms with van der Waals surface area (Å²) in [6.07, 6.45) is 3.18. The van der Waals surface area contributed by atoms with E-state index in [1.165, 1.54) is 11.1 Å². The second-order valence-electron chi connectivity index (χ2n) is 10.3. The highest BCUT2D eigenvalue weighted by Crippen LogP contribution is 2.37. The highest BCUT2D eigenvalue weighted by atomic mass is 16.5. The maximum absolute atomic E-state index is 12.9. The van der Waals surface area contributed by atoms with Crippen LogP contribution in [0.4, 0.5) is 0 Å². The smallest absolute Gasteiger partial charge is 0.289 e. The highest BCUT2D eigenvalue weighted by molar-refractivity contribution is 5.91. The van der Waals surface area contributed by atoms with Gasteiger partial charge in [-0.3, -0.25) is 14.5 Å². The minimum absolute atomic E-state index is 0.0880. The molecule has 2 aliphatic heterocycles. The zero-order valence-corrected chi connectivity index (χ0v) is 22.9. The van der Waals surface area contributed by atoms with Crippen molar-refractivity contribution in [2.45, 2.75) is 39.3 Å². The predicted molar refractivity (Wildman–Crippen MR) is 151 cm³/mol. The summed E-state index contributed by atoms with van der Waals surface area (Å²) in [5.41, 5.74) is 4.61. The normalized spacial score (nSPS) is 17.5. The Hall–Kier alpha value is -3.84. The van der Waals surface area contributed by atoms with Crippen molar-refractivity contribution in [3.63, 3.8) is 0 Å². The quantitative estimate of drug-likeness (QED) is 0.386. The van der Waals surface area contributed by atoms with Crippen LogP contribution >= 0.6 is 0 Å². The summed E-state index contributed by atoms with van der Waals surface area (Å²) in [6, 6.07) is 17.9. The second kappa shape index (κ2) is 11.9. The van der Waals surface area contributed by atoms with E-state index < -0.39 is 0 Å². The molecule has 0 radical (unpaired) electrons. The summed E-state index contributed by atoms with van der Waals surface area (Å²) in [7, 11) is 0. The van der Waals surface area contributed by atoms with Crippen molar-refractivity contribution in [3.8, 4) is 5.75 Å². The zero-order valence-electron chi connectivity index (χ0n) is 22.9. The number of hydrogen-bond donors (Lipinski definition) is 0. The fourth-order valence-corrected chi connectivity index (χ4v) is 5.46. The molecule has 0 N–H and O–H groups in total. The van der Waals surface area contributed by atoms with Crippen molar-refractivity contribution in [2.24, 2.45) is 0 Å². The van der Waals surface area contributed by atoms with Crippen LogP contribution < -0.4 is 4.74 Å². The van der Waals surface area contributed by atoms with Gasteiger partial charge in [0.25, 0.3) is 5.91 Å². The van der Waals surface area contributed by atoms with E-state index in [0.717, 1.165) is 37.2 Å². The molecule has 2 aromatic carbocycles. The largest absolute Gasteiger partial charge is 0.486 e. The minimum atomic E-state index is -0.148. The van der Waals surface area contributed by atoms with Crippen molar-refractivity contribution in [3.05, 3.63) is 101 Å². The standard InChI is InChI=1S/C32H37N3O4/c1-4-15-33-17-19-34(20-18-33)32(37)29-13-12-27(39-29)22-38-26-11-10-24-14-16-35(30(36)5-2)31(28(24)21-26)25-8-6-23(3)7-9-25/h4,6-13,21,31H,1,5,14-20,22H2,2-3H3/t31-/m1/s1. The highest BCUT2D eigenvalue weighted by Gasteiger charge is 2.32. The third kappa shape index (κ3) is 5.93. The number of amides is 2. The summed E-state index contributed by atoms with van der Waals surface area (Å²) in [5, 5.41) is 0. The van der Waals surface area contributed by atoms with Crippen molar-refractivity contribution in [2.75, 3.05) is 39.3 Å². The first kappa shape index (κ1) is 26.8. The van der Waals surface area contributed by atoms with E-state index in [2.05, 4.69) is 48.7 Å². The van der Waals surface area contributed by atoms with E-state index in [0.29, 0.717) is 43.3 Å². The Morgan fingerprint density at radius 3 is 2.51 bits per heavy atom. The summed E-state index contributed by atoms with van der Waals surface area (Å²) < 4.78 is 12.0. The Kier molecular flexibility index (Phi) is 8.17. The Balaban J connectivity index is 1.29. The molecule has 39 heavy (non-hydrogen) atoms. The number of nitrogens with zero attached hydrogens (tertiary/aromatic N) is 3. The summed E-state index contributed by atoms with van der Waals surface area (Å²) in [5.74, 6) is 1.70. The molecule has 204 valence electrons. The van der Waals surface area contributed by atoms with Crippen LogP contribution in [0.25, 0.3) is 0 Å². The van der Waals surface area contributed by atoms with Crippen LogP contribution in [-0.2, 0) is 17.8 Å². The number of aryl methyl sites for hydroxylation is 1. The van der Waals surface area contributed by atoms with Crippen molar-refractivity contribution < 1.29 is 18.7 Å². The van der Waals surface area contributed by atoms with Crippen LogP contribution in [0.1, 0.15) is 58.0 Å². The lowest BCUT2D eigenvalue weighted by Gasteiger charge is -2.38. The SMILES string of the molecule is C=CCN1CCN(C(=O)c2ccc(COc3ccc4c(c3)[C@@H](c3ccc(C)cc3)N(C(=O)CC)CC4)o2)CC1. The maximum Gasteiger partial charge on any atom is 0.289 e. The average molecular weight is 528 g/mol. The van der Waals surface area contributed by atoms with Crippen LogP contribution in [0.15, 0.2) is 71.7 Å². The number of carbonyl (C=O) groups excluding carboxylic acids is 2. The van der Waals surface area contributed by atoms with E-state index in [1.807, 2.05) is 34.9 Å². The molecule has 0 unspecified atom stereocenters. The van der Waals surface area contributed by atoms with E-state index in [4.69, 9.17) is 9.15 Å². The van der Waals surface area contributed by atoms with Crippen LogP contribution in [0.2, 0.25) is 0 Å². The lowest BCUT2D eigenvalue weighted by Crippen LogP contribution is -2.48. The Labute approximate surface area is 230 Å². The summed E-state index contributed by atoms with van der Waals surface area (Å²) in [4.78, 5) is 31.9. The van der Waals surface area contributed by atoms with Crippen LogP contribution in [0.3, 0.4) is 0 Å². The molecule has 1 saturated heterocycles. The minimum Gasteiger partial charge on any atom is -0.486 e. The number of benzene rings is 2. The van der Waals surface area contributed by atoms with E-state index >= 15 is 0 Å². The van der Waals surface area contributed by atoms with Crippen LogP contribution in [-0.4, -0.2) is 65.8 Å². The number of carbonyl (C=O) groups is 2. The number of hydrogen-bond acceptors (Lipinski definition) is 5. The third-order valence-corrected chi connectivity index (χ3v) is 7.66. The van der Waals surface area contributed by atoms with Gasteiger partial charge in [-0.2, -0.15) is 0 Å². The van der Waals surface area contributed by atoms with E-state index in [9.17, 15) is 9.59 Å². The number of piperazine rings is 1. The number of rotatable bonds is 8. The topological polar surface area (TPSA) is 66.2 Å². The average Bonchev–Trinajstić information content (AvgIpc) is 3.45. The molecule has 1 aromatic heterocycles. The molecule has 7 heteroatoms. The van der Waals surface area contributed by atoms with Crippen molar-refractivity contribution in [1.29, 1.82) is 0 Å². The number of ether oxygens (including phenoxy) is 1. The first-order valence-electron chi connectivity index (χ1n) is 13.8. The molecule has 3 heterocycles. The van der Waals surface area contributed by atoms with Gasteiger partial charge in [0.15, 0.2) is 5.76 Å². The van der Waals surface area contributed by atoms with Gasteiger partial charge in [-0.05, 0) is 54.3 Å². The molecule has 0 saturated carbocycles. The van der Waals surface area contributed by atoms with Gasteiger partial charge in [-0.1, -0.05) is 48.9 Å². The monoisotopic (exact) mass is 527 g/mol. The Morgan fingerprint density at radius 1 is 1.03 bits per heavy atom. The van der Waals surface area contributed by atoms with Crippen molar-refractivity contribution >= 4 is 11.8 Å². The third-order valence-electron chi connectivity index (χ3n) is 7.66. The molecule has 0 bridgehead atoms. The molecule has 2 amide bonds. The molecule has 5 rings (SSSR count). The Morgan fingerprint density at radius 2 is 1.79 bits per heavy atom. The first-order chi connectivity index (χ1) is 19.0. The summed E-state index contributed by atoms with van der Waals surface area (Å²) in [6.45, 7) is 12.5. The molecule has 2 aliphatic rings. The van der Waals surface area contributed by atoms with Crippen LogP contribution in [0, 0.1) is 6.92 Å². The molecule has 1 fully saturated rings. The van der Waals surface area contributed by atoms with Crippen molar-refractivity contribution in [1.82, 2.24) is 14.7 Å². The zero-order chi connectivity index (χ0) is 27.4. The Bertz CT molecular complexity index is 1320. The molecule has 7 nitrogen and oxygen atoms in total. The number of furan rings is 1. The lowest BCUT2D eigenvalue weighted by atomic mass is 9.87. The molecular weight excluding hydrogens is 490 g/mol. The molecule has 1 atom stereocenters. The lowest BCUT2D eigenvalue weighted by molar-refractivity contribution is -0.132. The van der Waals surface area contributed by atoms with Crippen LogP contribution in [0.5, 0.6) is 5.75 Å². The molecule has 0 aliphatic carbocycles. The predicted octanol–water partition coefficient (Wildman–Crippen LogP) is 4.99. The molecular formula is C32H37N3O4. The van der Waals surface area contributed by atoms with Gasteiger partial charge in [0.2, 0.25) is 5.91 Å². The van der Waals surface area contributed by atoms with E-state index in [-0.39, 0.29) is 24.5 Å². The number of fused-ring (bicyclic) bond motifs is 1. The van der Waals surface area contributed by atoms with Gasteiger partial charge < -0.3 is 19.0 Å². The molecule has 3 aromatic rings. The van der Waals surface area contributed by atoms with Gasteiger partial charge in [0.1, 0.15) is 18.1 Å². The van der Waals surface area contributed by atoms with Gasteiger partial charge >= 0.3 is 0 Å². The van der Waals surface area contributed by atoms with Gasteiger partial charge in [0.05, 0.1) is 6.04 Å². The molecule has 0 spiro atoms. The summed E-state index contributed by atoms with van der Waals surface area (Å²) >= 11 is 0. The van der Waals surface area contributed by atoms with E-state index in [1.54, 1.807) is 12.1 Å². The van der Waals surface area contributed by atoms with Gasteiger partial charge in [-0.15, -0.1) is 6.58 Å². The maximum atomic E-state index is 12.9. The second-order valence-corrected chi connectivity index (χ2v) is 10.3. The fourth-order valence-electron chi connectivity index (χ4n) is 5.46.